The zero-order valence-corrected chi connectivity index (χ0v) is 29.3. The number of carbonyl (C=O) groups excluding carboxylic acids is 3. The molecule has 24 nitrogen and oxygen atoms in total. The minimum atomic E-state index is -2.32. The second kappa shape index (κ2) is 23.4. The van der Waals surface area contributed by atoms with Gasteiger partial charge in [-0.15, -0.1) is 11.8 Å². The van der Waals surface area contributed by atoms with E-state index in [0.29, 0.717) is 0 Å². The maximum Gasteiger partial charge on any atom is 1.00 e. The van der Waals surface area contributed by atoms with E-state index in [2.05, 4.69) is 28.6 Å². The predicted octanol–water partition coefficient (Wildman–Crippen LogP) is -6.58. The Balaban J connectivity index is -0.000000298. The van der Waals surface area contributed by atoms with E-state index in [1.165, 1.54) is 0 Å². The molecule has 28 heteroatoms. The number of aliphatic carboxylic acids is 3. The minimum absolute atomic E-state index is 0. The molecule has 0 aromatic heterocycles. The first kappa shape index (κ1) is 50.9. The van der Waals surface area contributed by atoms with Crippen LogP contribution >= 0.6 is 40.3 Å². The van der Waals surface area contributed by atoms with Crippen molar-refractivity contribution in [2.45, 2.75) is 37.8 Å². The summed E-state index contributed by atoms with van der Waals surface area (Å²) in [5, 5.41) is 67.5. The summed E-state index contributed by atoms with van der Waals surface area (Å²) in [5.74, 6) is -4.13. The molecule has 0 bridgehead atoms. The van der Waals surface area contributed by atoms with Gasteiger partial charge in [0, 0.05) is 17.5 Å². The molecule has 2 unspecified atom stereocenters. The van der Waals surface area contributed by atoms with Crippen LogP contribution in [0.1, 0.15) is 14.4 Å². The van der Waals surface area contributed by atoms with Gasteiger partial charge in [0.15, 0.2) is 26.2 Å². The van der Waals surface area contributed by atoms with Crippen LogP contribution in [0.3, 0.4) is 0 Å². The van der Waals surface area contributed by atoms with E-state index in [1.807, 2.05) is 0 Å². The fraction of sp³-hybridized carbons (Fsp3) is 0.737. The zero-order chi connectivity index (χ0) is 35.9. The molecular formula is C19H32BrN8NaO16S2. The van der Waals surface area contributed by atoms with Gasteiger partial charge < -0.3 is 41.4 Å². The summed E-state index contributed by atoms with van der Waals surface area (Å²) in [6, 6.07) is -1.93. The second-order valence-electron chi connectivity index (χ2n) is 8.71. The van der Waals surface area contributed by atoms with Crippen molar-refractivity contribution >= 4 is 70.0 Å². The Morgan fingerprint density at radius 1 is 0.830 bits per heavy atom. The molecule has 2 saturated heterocycles. The number of nitrogens with zero attached hydrogens (tertiary/aromatic N) is 6. The van der Waals surface area contributed by atoms with E-state index in [9.17, 15) is 59.6 Å². The Morgan fingerprint density at radius 2 is 1.13 bits per heavy atom. The van der Waals surface area contributed by atoms with Gasteiger partial charge in [0.1, 0.15) is 31.8 Å². The van der Waals surface area contributed by atoms with Gasteiger partial charge in [0.05, 0.1) is 11.1 Å². The molecule has 0 radical (unpaired) electrons. The normalized spacial score (nSPS) is 15.7. The number of thioether (sulfide) groups is 1. The number of halogens is 1. The summed E-state index contributed by atoms with van der Waals surface area (Å²) < 4.78 is 0. The molecule has 0 aliphatic carbocycles. The molecule has 0 aromatic carbocycles. The SMILES string of the molecule is C.CC(=O)[O-].NC(CS)C(=O)O.NC(CSCC(=O)N1CC([N+](=O)[O-])([N+](=O)[O-])C1)C(=O)O.O=C(CBr)N1CC([N+](=O)[O-])([N+](=O)[O-])C1.[Na+]. The maximum absolute atomic E-state index is 11.6. The molecule has 47 heavy (non-hydrogen) atoms. The van der Waals surface area contributed by atoms with Gasteiger partial charge in [-0.2, -0.15) is 12.6 Å². The summed E-state index contributed by atoms with van der Waals surface area (Å²) in [6.07, 6.45) is 0. The number of carboxylic acid groups (broad SMARTS) is 3. The Hall–Kier alpha value is -2.95. The number of hydrogen-bond acceptors (Lipinski definition) is 18. The number of thiol groups is 1. The average molecular weight is 796 g/mol. The van der Waals surface area contributed by atoms with Gasteiger partial charge in [-0.1, -0.05) is 23.4 Å². The summed E-state index contributed by atoms with van der Waals surface area (Å²) in [6.45, 7) is -1.12. The molecule has 0 saturated carbocycles. The van der Waals surface area contributed by atoms with Crippen molar-refractivity contribution in [2.75, 3.05) is 48.8 Å². The predicted molar refractivity (Wildman–Crippen MR) is 160 cm³/mol. The Bertz CT molecular complexity index is 1120. The van der Waals surface area contributed by atoms with Crippen molar-refractivity contribution in [1.29, 1.82) is 0 Å². The molecule has 2 aliphatic rings. The number of carbonyl (C=O) groups is 5. The van der Waals surface area contributed by atoms with Crippen LogP contribution in [0, 0.1) is 40.5 Å². The summed E-state index contributed by atoms with van der Waals surface area (Å²) in [4.78, 5) is 91.8. The molecular weight excluding hydrogens is 763 g/mol. The number of rotatable bonds is 12. The molecule has 6 N–H and O–H groups in total. The standard InChI is InChI=1S/C8H12N4O7S.C5H6BrN3O5.C3H7NO2S.C2H4O2.CH4.Na/c9-5(7(14)15)1-20-2-6(13)10-3-8(4-10,11(16)17)12(18)19;6-1-4(10)7-2-5(3-7,8(11)12)9(13)14;4-2(1-7)3(5)6;1-2(3)4;;/h5H,1-4,9H2,(H,14,15);1-3H2;2,7H,1,4H2,(H,5,6);1H3,(H,3,4);1H4;/q;;;;;+1/p-1. The van der Waals surface area contributed by atoms with Crippen LogP contribution < -0.4 is 46.1 Å². The van der Waals surface area contributed by atoms with E-state index in [0.717, 1.165) is 28.5 Å². The first-order valence-corrected chi connectivity index (χ1v) is 14.5. The second-order valence-corrected chi connectivity index (χ2v) is 10.7. The van der Waals surface area contributed by atoms with E-state index < -0.39 is 93.1 Å². The summed E-state index contributed by atoms with van der Waals surface area (Å²) in [5.41, 5.74) is 5.65. The van der Waals surface area contributed by atoms with Gasteiger partial charge >= 0.3 is 52.8 Å². The van der Waals surface area contributed by atoms with Crippen molar-refractivity contribution in [3.63, 3.8) is 0 Å². The first-order chi connectivity index (χ1) is 20.6. The number of nitro groups is 4. The largest absolute Gasteiger partial charge is 1.00 e. The minimum Gasteiger partial charge on any atom is -0.550 e. The summed E-state index contributed by atoms with van der Waals surface area (Å²) in [7, 11) is 0. The van der Waals surface area contributed by atoms with Gasteiger partial charge in [-0.25, -0.2) is 0 Å². The van der Waals surface area contributed by atoms with E-state index in [-0.39, 0.29) is 65.5 Å². The third-order valence-corrected chi connectivity index (χ3v) is 7.23. The Morgan fingerprint density at radius 3 is 1.34 bits per heavy atom. The Kier molecular flexibility index (Phi) is 25.3. The zero-order valence-electron chi connectivity index (χ0n) is 24.0. The molecule has 2 rings (SSSR count). The van der Waals surface area contributed by atoms with E-state index in [1.54, 1.807) is 0 Å². The van der Waals surface area contributed by atoms with Crippen molar-refractivity contribution in [1.82, 2.24) is 9.80 Å². The van der Waals surface area contributed by atoms with Crippen LogP contribution in [0.15, 0.2) is 0 Å². The van der Waals surface area contributed by atoms with Crippen LogP contribution in [0.2, 0.25) is 0 Å². The Labute approximate surface area is 305 Å². The van der Waals surface area contributed by atoms with Gasteiger partial charge in [-0.05, 0) is 6.92 Å². The van der Waals surface area contributed by atoms with Gasteiger partial charge in [-0.3, -0.25) is 59.6 Å². The van der Waals surface area contributed by atoms with Crippen LogP contribution in [-0.2, 0) is 24.0 Å². The molecule has 0 aromatic rings. The van der Waals surface area contributed by atoms with Crippen LogP contribution in [0.25, 0.3) is 0 Å². The number of carboxylic acids is 3. The number of alkyl halides is 1. The maximum atomic E-state index is 11.6. The van der Waals surface area contributed by atoms with Crippen LogP contribution in [-0.4, -0.2) is 142 Å². The van der Waals surface area contributed by atoms with Crippen LogP contribution in [0.4, 0.5) is 0 Å². The first-order valence-electron chi connectivity index (χ1n) is 11.6. The average Bonchev–Trinajstić information content (AvgIpc) is 2.86. The third kappa shape index (κ3) is 16.1. The molecule has 2 aliphatic heterocycles. The van der Waals surface area contributed by atoms with Crippen molar-refractivity contribution in [3.05, 3.63) is 40.5 Å². The van der Waals surface area contributed by atoms with Crippen molar-refractivity contribution < 1.29 is 88.5 Å². The van der Waals surface area contributed by atoms with Crippen molar-refractivity contribution in [2.24, 2.45) is 11.5 Å². The third-order valence-electron chi connectivity index (χ3n) is 5.31. The summed E-state index contributed by atoms with van der Waals surface area (Å²) >= 11 is 7.48. The molecule has 2 atom stereocenters. The van der Waals surface area contributed by atoms with E-state index >= 15 is 0 Å². The molecule has 2 amide bonds. The molecule has 2 fully saturated rings. The number of likely N-dealkylation sites (tertiary alicyclic amines) is 2. The number of amides is 2. The van der Waals surface area contributed by atoms with E-state index in [4.69, 9.17) is 31.6 Å². The molecule has 2 heterocycles. The van der Waals surface area contributed by atoms with Gasteiger partial charge in [0.25, 0.3) is 0 Å². The smallest absolute Gasteiger partial charge is 0.550 e. The topological polar surface area (TPSA) is 380 Å². The van der Waals surface area contributed by atoms with Crippen molar-refractivity contribution in [3.8, 4) is 0 Å². The molecule has 0 spiro atoms. The fourth-order valence-electron chi connectivity index (χ4n) is 2.68. The molecule has 264 valence electrons. The monoisotopic (exact) mass is 794 g/mol. The van der Waals surface area contributed by atoms with Crippen LogP contribution in [0.5, 0.6) is 0 Å². The quantitative estimate of drug-likeness (QED) is 0.0306. The fourth-order valence-corrected chi connectivity index (χ4v) is 4.06. The van der Waals surface area contributed by atoms with Gasteiger partial charge in [0.2, 0.25) is 11.8 Å². The number of hydrogen-bond donors (Lipinski definition) is 5. The number of nitrogens with two attached hydrogens (primary N) is 2.